The lowest BCUT2D eigenvalue weighted by atomic mass is 10.1. The topological polar surface area (TPSA) is 74.8 Å². The van der Waals surface area contributed by atoms with Gasteiger partial charge in [-0.2, -0.15) is 0 Å². The third-order valence-corrected chi connectivity index (χ3v) is 4.53. The van der Waals surface area contributed by atoms with E-state index in [0.717, 1.165) is 16.8 Å². The fourth-order valence-electron chi connectivity index (χ4n) is 3.07. The van der Waals surface area contributed by atoms with Crippen LogP contribution in [0.5, 0.6) is 0 Å². The fourth-order valence-corrected chi connectivity index (χ4v) is 3.07. The van der Waals surface area contributed by atoms with Crippen molar-refractivity contribution in [3.8, 4) is 11.1 Å². The van der Waals surface area contributed by atoms with Crippen LogP contribution >= 0.6 is 0 Å². The predicted octanol–water partition coefficient (Wildman–Crippen LogP) is 4.16. The highest BCUT2D eigenvalue weighted by Crippen LogP contribution is 2.21. The zero-order valence-corrected chi connectivity index (χ0v) is 15.2. The van der Waals surface area contributed by atoms with E-state index in [-0.39, 0.29) is 24.3 Å². The second-order valence-electron chi connectivity index (χ2n) is 6.52. The first-order chi connectivity index (χ1) is 13.7. The van der Waals surface area contributed by atoms with Crippen molar-refractivity contribution in [1.29, 1.82) is 0 Å². The maximum absolute atomic E-state index is 12.3. The normalized spacial score (nSPS) is 10.7. The first-order valence-electron chi connectivity index (χ1n) is 9.12. The van der Waals surface area contributed by atoms with Gasteiger partial charge < -0.3 is 10.3 Å². The van der Waals surface area contributed by atoms with Crippen LogP contribution in [0.25, 0.3) is 22.2 Å². The van der Waals surface area contributed by atoms with Crippen LogP contribution in [-0.4, -0.2) is 15.9 Å². The number of anilines is 1. The maximum atomic E-state index is 12.3. The Labute approximate surface area is 162 Å². The zero-order chi connectivity index (χ0) is 19.3. The van der Waals surface area contributed by atoms with Gasteiger partial charge in [0.05, 0.1) is 11.0 Å². The van der Waals surface area contributed by atoms with Crippen LogP contribution < -0.4 is 10.9 Å². The molecule has 0 saturated carbocycles. The van der Waals surface area contributed by atoms with Crippen molar-refractivity contribution in [2.24, 2.45) is 0 Å². The lowest BCUT2D eigenvalue weighted by Gasteiger charge is -2.07. The van der Waals surface area contributed by atoms with Crippen molar-refractivity contribution in [3.63, 3.8) is 0 Å². The van der Waals surface area contributed by atoms with E-state index >= 15 is 0 Å². The number of aromatic nitrogens is 2. The lowest BCUT2D eigenvalue weighted by molar-refractivity contribution is -0.116. The molecular weight excluding hydrogens is 350 g/mol. The Balaban J connectivity index is 1.40. The van der Waals surface area contributed by atoms with Crippen molar-refractivity contribution < 1.29 is 4.79 Å². The van der Waals surface area contributed by atoms with Crippen molar-refractivity contribution in [2.45, 2.75) is 12.8 Å². The molecule has 28 heavy (non-hydrogen) atoms. The van der Waals surface area contributed by atoms with Gasteiger partial charge in [-0.3, -0.25) is 9.59 Å². The van der Waals surface area contributed by atoms with Crippen LogP contribution in [0, 0.1) is 0 Å². The zero-order valence-electron chi connectivity index (χ0n) is 15.2. The Morgan fingerprint density at radius 1 is 0.857 bits per heavy atom. The monoisotopic (exact) mass is 369 g/mol. The molecule has 1 heterocycles. The number of para-hydroxylation sites is 2. The predicted molar refractivity (Wildman–Crippen MR) is 111 cm³/mol. The number of nitrogens with one attached hydrogen (secondary N) is 2. The average Bonchev–Trinajstić information content (AvgIpc) is 2.73. The van der Waals surface area contributed by atoms with Crippen LogP contribution in [0.3, 0.4) is 0 Å². The molecule has 5 heteroatoms. The molecule has 1 amide bonds. The largest absolute Gasteiger partial charge is 0.326 e. The molecule has 0 aliphatic heterocycles. The van der Waals surface area contributed by atoms with Crippen molar-refractivity contribution in [1.82, 2.24) is 9.97 Å². The summed E-state index contributed by atoms with van der Waals surface area (Å²) < 4.78 is 0. The first kappa shape index (κ1) is 17.7. The molecule has 0 atom stereocenters. The highest BCUT2D eigenvalue weighted by Gasteiger charge is 2.09. The molecule has 4 rings (SSSR count). The van der Waals surface area contributed by atoms with Gasteiger partial charge in [-0.05, 0) is 35.4 Å². The highest BCUT2D eigenvalue weighted by atomic mass is 16.1. The molecule has 2 N–H and O–H groups in total. The van der Waals surface area contributed by atoms with Gasteiger partial charge >= 0.3 is 0 Å². The number of aromatic amines is 1. The second-order valence-corrected chi connectivity index (χ2v) is 6.52. The van der Waals surface area contributed by atoms with Crippen LogP contribution in [-0.2, 0) is 11.2 Å². The van der Waals surface area contributed by atoms with Gasteiger partial charge in [0.1, 0.15) is 5.69 Å². The number of carbonyl (C=O) groups is 1. The Morgan fingerprint density at radius 3 is 2.32 bits per heavy atom. The fraction of sp³-hybridized carbons (Fsp3) is 0.0870. The quantitative estimate of drug-likeness (QED) is 0.555. The summed E-state index contributed by atoms with van der Waals surface area (Å²) in [5, 5.41) is 2.87. The van der Waals surface area contributed by atoms with E-state index in [2.05, 4.69) is 15.3 Å². The Hall–Kier alpha value is -3.73. The molecule has 5 nitrogen and oxygen atoms in total. The number of aryl methyl sites for hydroxylation is 1. The summed E-state index contributed by atoms with van der Waals surface area (Å²) in [5.74, 6) is -0.151. The van der Waals surface area contributed by atoms with Gasteiger partial charge in [-0.1, -0.05) is 54.6 Å². The molecule has 1 aromatic heterocycles. The van der Waals surface area contributed by atoms with Crippen LogP contribution in [0.2, 0.25) is 0 Å². The molecular formula is C23H19N3O2. The number of hydrogen-bond donors (Lipinski definition) is 2. The molecule has 0 saturated heterocycles. The van der Waals surface area contributed by atoms with Crippen LogP contribution in [0.15, 0.2) is 83.7 Å². The Kier molecular flexibility index (Phi) is 4.97. The van der Waals surface area contributed by atoms with E-state index in [1.807, 2.05) is 72.8 Å². The number of benzene rings is 3. The van der Waals surface area contributed by atoms with Crippen molar-refractivity contribution in [3.05, 3.63) is 94.9 Å². The number of H-pyrrole nitrogens is 1. The van der Waals surface area contributed by atoms with E-state index in [1.165, 1.54) is 0 Å². The summed E-state index contributed by atoms with van der Waals surface area (Å²) in [5.41, 5.74) is 4.47. The van der Waals surface area contributed by atoms with Gasteiger partial charge in [0, 0.05) is 18.5 Å². The number of carbonyl (C=O) groups excluding carboxylic acids is 1. The number of amides is 1. The first-order valence-corrected chi connectivity index (χ1v) is 9.12. The molecule has 0 aliphatic carbocycles. The summed E-state index contributed by atoms with van der Waals surface area (Å²) in [6, 6.07) is 25.1. The molecule has 0 fully saturated rings. The van der Waals surface area contributed by atoms with E-state index in [4.69, 9.17) is 0 Å². The second kappa shape index (κ2) is 7.88. The molecule has 0 radical (unpaired) electrons. The number of fused-ring (bicyclic) bond motifs is 1. The van der Waals surface area contributed by atoms with Gasteiger partial charge in [0.25, 0.3) is 5.56 Å². The van der Waals surface area contributed by atoms with E-state index in [9.17, 15) is 9.59 Å². The summed E-state index contributed by atoms with van der Waals surface area (Å²) >= 11 is 0. The number of rotatable bonds is 5. The van der Waals surface area contributed by atoms with Crippen molar-refractivity contribution in [2.75, 3.05) is 5.32 Å². The molecule has 0 unspecified atom stereocenters. The minimum absolute atomic E-state index is 0.151. The van der Waals surface area contributed by atoms with Gasteiger partial charge in [0.15, 0.2) is 0 Å². The standard InChI is InChI=1S/C23H19N3O2/c27-22(15-14-21-23(28)26-20-9-5-4-8-19(20)25-21)24-18-12-10-17(11-13-18)16-6-2-1-3-7-16/h1-13H,14-15H2,(H,24,27)(H,26,28). The summed E-state index contributed by atoms with van der Waals surface area (Å²) in [6.07, 6.45) is 0.475. The SMILES string of the molecule is O=C(CCc1nc2ccccc2[nH]c1=O)Nc1ccc(-c2ccccc2)cc1. The minimum Gasteiger partial charge on any atom is -0.326 e. The molecule has 4 aromatic rings. The minimum atomic E-state index is -0.251. The summed E-state index contributed by atoms with van der Waals surface area (Å²) in [4.78, 5) is 31.6. The van der Waals surface area contributed by atoms with Gasteiger partial charge in [-0.15, -0.1) is 0 Å². The lowest BCUT2D eigenvalue weighted by Crippen LogP contribution is -2.18. The summed E-state index contributed by atoms with van der Waals surface area (Å²) in [6.45, 7) is 0. The van der Waals surface area contributed by atoms with E-state index in [0.29, 0.717) is 16.7 Å². The Morgan fingerprint density at radius 2 is 1.54 bits per heavy atom. The molecule has 138 valence electrons. The molecule has 0 bridgehead atoms. The number of nitrogens with zero attached hydrogens (tertiary/aromatic N) is 1. The van der Waals surface area contributed by atoms with Gasteiger partial charge in [-0.25, -0.2) is 4.98 Å². The highest BCUT2D eigenvalue weighted by molar-refractivity contribution is 5.91. The smallest absolute Gasteiger partial charge is 0.270 e. The third-order valence-electron chi connectivity index (χ3n) is 4.53. The molecule has 0 aliphatic rings. The number of hydrogen-bond acceptors (Lipinski definition) is 3. The van der Waals surface area contributed by atoms with Crippen molar-refractivity contribution >= 4 is 22.6 Å². The van der Waals surface area contributed by atoms with Crippen LogP contribution in [0.4, 0.5) is 5.69 Å². The maximum Gasteiger partial charge on any atom is 0.270 e. The van der Waals surface area contributed by atoms with Crippen LogP contribution in [0.1, 0.15) is 12.1 Å². The third kappa shape index (κ3) is 3.99. The van der Waals surface area contributed by atoms with E-state index in [1.54, 1.807) is 6.07 Å². The summed E-state index contributed by atoms with van der Waals surface area (Å²) in [7, 11) is 0. The Bertz CT molecular complexity index is 1170. The van der Waals surface area contributed by atoms with Gasteiger partial charge in [0.2, 0.25) is 5.91 Å². The molecule has 0 spiro atoms. The van der Waals surface area contributed by atoms with E-state index < -0.39 is 0 Å². The average molecular weight is 369 g/mol. The molecule has 3 aromatic carbocycles.